The summed E-state index contributed by atoms with van der Waals surface area (Å²) in [6.45, 7) is 1.90. The quantitative estimate of drug-likeness (QED) is 0.903. The van der Waals surface area contributed by atoms with Gasteiger partial charge in [0, 0.05) is 12.1 Å². The van der Waals surface area contributed by atoms with Crippen molar-refractivity contribution in [3.63, 3.8) is 0 Å². The van der Waals surface area contributed by atoms with Crippen molar-refractivity contribution in [1.82, 2.24) is 5.32 Å². The third kappa shape index (κ3) is 3.37. The summed E-state index contributed by atoms with van der Waals surface area (Å²) in [4.78, 5) is 11.9. The predicted octanol–water partition coefficient (Wildman–Crippen LogP) is 3.20. The fourth-order valence-electron chi connectivity index (χ4n) is 1.81. The Labute approximate surface area is 110 Å². The van der Waals surface area contributed by atoms with Crippen molar-refractivity contribution in [2.45, 2.75) is 13.5 Å². The van der Waals surface area contributed by atoms with Crippen LogP contribution in [0.5, 0.6) is 0 Å². The van der Waals surface area contributed by atoms with E-state index in [1.54, 1.807) is 19.1 Å². The lowest BCUT2D eigenvalue weighted by atomic mass is 10.1. The Morgan fingerprint density at radius 3 is 2.53 bits per heavy atom. The highest BCUT2D eigenvalue weighted by Crippen LogP contribution is 2.10. The average molecular weight is 261 g/mol. The summed E-state index contributed by atoms with van der Waals surface area (Å²) in [6, 6.07) is 9.99. The summed E-state index contributed by atoms with van der Waals surface area (Å²) < 4.78 is 25.9. The van der Waals surface area contributed by atoms with Crippen LogP contribution in [0.25, 0.3) is 0 Å². The number of benzene rings is 2. The monoisotopic (exact) mass is 261 g/mol. The van der Waals surface area contributed by atoms with E-state index in [1.807, 2.05) is 0 Å². The lowest BCUT2D eigenvalue weighted by molar-refractivity contribution is 0.0950. The van der Waals surface area contributed by atoms with Gasteiger partial charge in [-0.25, -0.2) is 8.78 Å². The normalized spacial score (nSPS) is 10.3. The molecule has 0 spiro atoms. The molecule has 0 atom stereocenters. The lowest BCUT2D eigenvalue weighted by Gasteiger charge is -2.08. The Kier molecular flexibility index (Phi) is 3.90. The molecule has 0 aliphatic heterocycles. The SMILES string of the molecule is Cc1cc(F)ccc1C(=O)NCc1cccc(F)c1. The molecule has 2 aromatic carbocycles. The van der Waals surface area contributed by atoms with Crippen LogP contribution in [0.1, 0.15) is 21.5 Å². The summed E-state index contributed by atoms with van der Waals surface area (Å²) in [6.07, 6.45) is 0. The first-order valence-corrected chi connectivity index (χ1v) is 5.85. The molecule has 0 bridgehead atoms. The van der Waals surface area contributed by atoms with E-state index in [1.165, 1.54) is 30.3 Å². The minimum Gasteiger partial charge on any atom is -0.348 e. The molecule has 4 heteroatoms. The van der Waals surface area contributed by atoms with Gasteiger partial charge in [-0.1, -0.05) is 12.1 Å². The van der Waals surface area contributed by atoms with Crippen molar-refractivity contribution in [2.24, 2.45) is 0 Å². The minimum absolute atomic E-state index is 0.230. The van der Waals surface area contributed by atoms with Gasteiger partial charge < -0.3 is 5.32 Å². The highest BCUT2D eigenvalue weighted by Gasteiger charge is 2.09. The molecule has 2 rings (SSSR count). The Morgan fingerprint density at radius 2 is 1.84 bits per heavy atom. The molecule has 0 aliphatic carbocycles. The molecule has 2 aromatic rings. The van der Waals surface area contributed by atoms with Crippen molar-refractivity contribution in [2.75, 3.05) is 0 Å². The molecule has 98 valence electrons. The standard InChI is InChI=1S/C15H13F2NO/c1-10-7-13(17)5-6-14(10)15(19)18-9-11-3-2-4-12(16)8-11/h2-8H,9H2,1H3,(H,18,19). The van der Waals surface area contributed by atoms with Crippen molar-refractivity contribution in [3.8, 4) is 0 Å². The van der Waals surface area contributed by atoms with Crippen LogP contribution in [-0.4, -0.2) is 5.91 Å². The van der Waals surface area contributed by atoms with E-state index in [4.69, 9.17) is 0 Å². The Hall–Kier alpha value is -2.23. The van der Waals surface area contributed by atoms with E-state index in [0.29, 0.717) is 16.7 Å². The molecule has 0 unspecified atom stereocenters. The van der Waals surface area contributed by atoms with Gasteiger partial charge in [0.2, 0.25) is 0 Å². The fourth-order valence-corrected chi connectivity index (χ4v) is 1.81. The molecule has 0 radical (unpaired) electrons. The number of rotatable bonds is 3. The van der Waals surface area contributed by atoms with E-state index in [9.17, 15) is 13.6 Å². The van der Waals surface area contributed by atoms with Gasteiger partial charge in [0.05, 0.1) is 0 Å². The van der Waals surface area contributed by atoms with Gasteiger partial charge in [0.25, 0.3) is 5.91 Å². The fraction of sp³-hybridized carbons (Fsp3) is 0.133. The van der Waals surface area contributed by atoms with Crippen molar-refractivity contribution >= 4 is 5.91 Å². The van der Waals surface area contributed by atoms with E-state index in [0.717, 1.165) is 0 Å². The van der Waals surface area contributed by atoms with Crippen LogP contribution in [0.4, 0.5) is 8.78 Å². The Balaban J connectivity index is 2.05. The maximum absolute atomic E-state index is 13.0. The van der Waals surface area contributed by atoms with Crippen molar-refractivity contribution < 1.29 is 13.6 Å². The molecule has 0 fully saturated rings. The maximum Gasteiger partial charge on any atom is 0.251 e. The highest BCUT2D eigenvalue weighted by molar-refractivity contribution is 5.95. The first-order chi connectivity index (χ1) is 9.06. The third-order valence-electron chi connectivity index (χ3n) is 2.78. The van der Waals surface area contributed by atoms with Crippen LogP contribution in [-0.2, 0) is 6.54 Å². The summed E-state index contributed by atoms with van der Waals surface area (Å²) in [5.74, 6) is -1.02. The van der Waals surface area contributed by atoms with Gasteiger partial charge >= 0.3 is 0 Å². The first-order valence-electron chi connectivity index (χ1n) is 5.85. The number of aryl methyl sites for hydroxylation is 1. The Morgan fingerprint density at radius 1 is 1.11 bits per heavy atom. The number of carbonyl (C=O) groups is 1. The molecule has 0 saturated carbocycles. The minimum atomic E-state index is -0.376. The number of hydrogen-bond donors (Lipinski definition) is 1. The van der Waals surface area contributed by atoms with Crippen LogP contribution in [0.3, 0.4) is 0 Å². The molecule has 1 amide bonds. The van der Waals surface area contributed by atoms with E-state index in [-0.39, 0.29) is 24.1 Å². The molecule has 0 aliphatic rings. The largest absolute Gasteiger partial charge is 0.348 e. The molecule has 0 aromatic heterocycles. The van der Waals surface area contributed by atoms with Crippen LogP contribution >= 0.6 is 0 Å². The number of hydrogen-bond acceptors (Lipinski definition) is 1. The van der Waals surface area contributed by atoms with Crippen LogP contribution in [0.2, 0.25) is 0 Å². The lowest BCUT2D eigenvalue weighted by Crippen LogP contribution is -2.23. The van der Waals surface area contributed by atoms with E-state index in [2.05, 4.69) is 5.32 Å². The van der Waals surface area contributed by atoms with Gasteiger partial charge in [-0.2, -0.15) is 0 Å². The number of amides is 1. The summed E-state index contributed by atoms with van der Waals surface area (Å²) in [5, 5.41) is 2.67. The van der Waals surface area contributed by atoms with Gasteiger partial charge in [0.15, 0.2) is 0 Å². The second-order valence-corrected chi connectivity index (χ2v) is 4.27. The topological polar surface area (TPSA) is 29.1 Å². The molecule has 2 nitrogen and oxygen atoms in total. The molecular formula is C15H13F2NO. The number of halogens is 2. The van der Waals surface area contributed by atoms with Crippen molar-refractivity contribution in [1.29, 1.82) is 0 Å². The zero-order valence-electron chi connectivity index (χ0n) is 10.4. The molecule has 0 saturated heterocycles. The molecular weight excluding hydrogens is 248 g/mol. The molecule has 1 N–H and O–H groups in total. The van der Waals surface area contributed by atoms with E-state index < -0.39 is 0 Å². The zero-order valence-corrected chi connectivity index (χ0v) is 10.4. The van der Waals surface area contributed by atoms with Crippen molar-refractivity contribution in [3.05, 3.63) is 70.8 Å². The second kappa shape index (κ2) is 5.61. The smallest absolute Gasteiger partial charge is 0.251 e. The van der Waals surface area contributed by atoms with Crippen LogP contribution < -0.4 is 5.32 Å². The number of carbonyl (C=O) groups excluding carboxylic acids is 1. The van der Waals surface area contributed by atoms with Gasteiger partial charge in [0.1, 0.15) is 11.6 Å². The summed E-state index contributed by atoms with van der Waals surface area (Å²) in [7, 11) is 0. The summed E-state index contributed by atoms with van der Waals surface area (Å²) >= 11 is 0. The number of nitrogens with one attached hydrogen (secondary N) is 1. The Bertz CT molecular complexity index is 611. The van der Waals surface area contributed by atoms with Crippen LogP contribution in [0, 0.1) is 18.6 Å². The predicted molar refractivity (Wildman–Crippen MR) is 68.7 cm³/mol. The zero-order chi connectivity index (χ0) is 13.8. The average Bonchev–Trinajstić information content (AvgIpc) is 2.36. The highest BCUT2D eigenvalue weighted by atomic mass is 19.1. The summed E-state index contributed by atoms with van der Waals surface area (Å²) in [5.41, 5.74) is 1.66. The van der Waals surface area contributed by atoms with E-state index >= 15 is 0 Å². The van der Waals surface area contributed by atoms with Gasteiger partial charge in [-0.3, -0.25) is 4.79 Å². The maximum atomic E-state index is 13.0. The van der Waals surface area contributed by atoms with Gasteiger partial charge in [-0.05, 0) is 48.4 Å². The van der Waals surface area contributed by atoms with Gasteiger partial charge in [-0.15, -0.1) is 0 Å². The molecule has 19 heavy (non-hydrogen) atoms. The van der Waals surface area contributed by atoms with Crippen LogP contribution in [0.15, 0.2) is 42.5 Å². The second-order valence-electron chi connectivity index (χ2n) is 4.27. The first kappa shape index (κ1) is 13.2. The molecule has 0 heterocycles. The third-order valence-corrected chi connectivity index (χ3v) is 2.78.